The van der Waals surface area contributed by atoms with E-state index < -0.39 is 0 Å². The van der Waals surface area contributed by atoms with Crippen molar-refractivity contribution in [1.29, 1.82) is 0 Å². The molecule has 0 aliphatic heterocycles. The van der Waals surface area contributed by atoms with Gasteiger partial charge >= 0.3 is 0 Å². The zero-order valence-corrected chi connectivity index (χ0v) is 7.01. The lowest BCUT2D eigenvalue weighted by Gasteiger charge is -1.92. The number of hydrogen-bond acceptors (Lipinski definition) is 3. The van der Waals surface area contributed by atoms with Gasteiger partial charge in [-0.25, -0.2) is 8.96 Å². The van der Waals surface area contributed by atoms with Crippen molar-refractivity contribution in [3.63, 3.8) is 0 Å². The average molecular weight is 168 g/mol. The third-order valence-electron chi connectivity index (χ3n) is 1.36. The molecule has 0 atom stereocenters. The zero-order chi connectivity index (χ0) is 8.43. The van der Waals surface area contributed by atoms with Crippen LogP contribution in [0.1, 0.15) is 6.92 Å². The molecule has 1 heterocycles. The van der Waals surface area contributed by atoms with Crippen LogP contribution in [0.5, 0.6) is 0 Å². The minimum Gasteiger partial charge on any atom is -0.268 e. The second-order valence-electron chi connectivity index (χ2n) is 2.04. The van der Waals surface area contributed by atoms with Crippen LogP contribution in [-0.2, 0) is 0 Å². The predicted octanol–water partition coefficient (Wildman–Crippen LogP) is -0.853. The lowest BCUT2D eigenvalue weighted by atomic mass is 10.4. The standard InChI is InChI=1S/C7H8N2OS/c1-3-6-5(2)8-4-9(11)7(6)10/h3-4,11H,2H2,1H3/b6-3+. The van der Waals surface area contributed by atoms with Crippen LogP contribution in [0, 0.1) is 0 Å². The molecule has 0 bridgehead atoms. The smallest absolute Gasteiger partial charge is 0.268 e. The van der Waals surface area contributed by atoms with Gasteiger partial charge in [0, 0.05) is 0 Å². The van der Waals surface area contributed by atoms with Gasteiger partial charge in [0.15, 0.2) is 0 Å². The first-order valence-corrected chi connectivity index (χ1v) is 3.49. The van der Waals surface area contributed by atoms with Gasteiger partial charge in [-0.05, 0) is 6.92 Å². The van der Waals surface area contributed by atoms with E-state index in [-0.39, 0.29) is 5.56 Å². The van der Waals surface area contributed by atoms with Crippen molar-refractivity contribution in [2.75, 3.05) is 0 Å². The van der Waals surface area contributed by atoms with Gasteiger partial charge in [0.2, 0.25) is 0 Å². The summed E-state index contributed by atoms with van der Waals surface area (Å²) in [5.41, 5.74) is -0.184. The van der Waals surface area contributed by atoms with Crippen molar-refractivity contribution < 1.29 is 0 Å². The Morgan fingerprint density at radius 2 is 2.45 bits per heavy atom. The SMILES string of the molecule is C=c1ncn(S)c(=O)/c1=C/C. The number of rotatable bonds is 0. The maximum absolute atomic E-state index is 11.2. The summed E-state index contributed by atoms with van der Waals surface area (Å²) in [5, 5.41) is 0.991. The van der Waals surface area contributed by atoms with E-state index in [1.165, 1.54) is 6.33 Å². The Balaban J connectivity index is 3.85. The molecule has 0 saturated heterocycles. The molecule has 0 aliphatic rings. The molecule has 1 aromatic heterocycles. The van der Waals surface area contributed by atoms with Crippen LogP contribution in [0.2, 0.25) is 0 Å². The molecule has 0 amide bonds. The lowest BCUT2D eigenvalue weighted by Crippen LogP contribution is -2.43. The number of nitrogens with zero attached hydrogens (tertiary/aromatic N) is 2. The summed E-state index contributed by atoms with van der Waals surface area (Å²) < 4.78 is 1.13. The predicted molar refractivity (Wildman–Crippen MR) is 47.8 cm³/mol. The van der Waals surface area contributed by atoms with Gasteiger partial charge in [-0.2, -0.15) is 0 Å². The van der Waals surface area contributed by atoms with Crippen molar-refractivity contribution in [2.45, 2.75) is 6.92 Å². The molecule has 0 unspecified atom stereocenters. The fourth-order valence-corrected chi connectivity index (χ4v) is 0.943. The first-order chi connectivity index (χ1) is 5.16. The topological polar surface area (TPSA) is 34.9 Å². The van der Waals surface area contributed by atoms with Gasteiger partial charge in [-0.3, -0.25) is 4.79 Å². The van der Waals surface area contributed by atoms with E-state index in [0.717, 1.165) is 3.97 Å². The minimum absolute atomic E-state index is 0.184. The molecular formula is C7H8N2OS. The third-order valence-corrected chi connectivity index (χ3v) is 1.65. The molecule has 0 radical (unpaired) electrons. The van der Waals surface area contributed by atoms with Gasteiger partial charge in [0.05, 0.1) is 10.6 Å². The molecule has 0 fully saturated rings. The molecule has 0 aromatic carbocycles. The molecule has 1 aromatic rings. The minimum atomic E-state index is -0.184. The molecule has 11 heavy (non-hydrogen) atoms. The second-order valence-corrected chi connectivity index (χ2v) is 2.47. The Morgan fingerprint density at radius 3 is 2.91 bits per heavy atom. The highest BCUT2D eigenvalue weighted by Crippen LogP contribution is 1.69. The summed E-state index contributed by atoms with van der Waals surface area (Å²) in [5.74, 6) is 0. The van der Waals surface area contributed by atoms with Crippen molar-refractivity contribution in [3.8, 4) is 0 Å². The molecule has 0 saturated carbocycles. The summed E-state index contributed by atoms with van der Waals surface area (Å²) in [4.78, 5) is 15.1. The highest BCUT2D eigenvalue weighted by atomic mass is 32.1. The van der Waals surface area contributed by atoms with Crippen molar-refractivity contribution in [1.82, 2.24) is 8.96 Å². The third kappa shape index (κ3) is 1.35. The van der Waals surface area contributed by atoms with Crippen LogP contribution in [0.4, 0.5) is 0 Å². The molecule has 0 N–H and O–H groups in total. The van der Waals surface area contributed by atoms with Crippen LogP contribution in [-0.4, -0.2) is 8.96 Å². The Morgan fingerprint density at radius 1 is 1.82 bits per heavy atom. The van der Waals surface area contributed by atoms with E-state index in [4.69, 9.17) is 0 Å². The van der Waals surface area contributed by atoms with Crippen LogP contribution in [0.25, 0.3) is 12.7 Å². The number of thiol groups is 1. The summed E-state index contributed by atoms with van der Waals surface area (Å²) in [6, 6.07) is 0. The van der Waals surface area contributed by atoms with Gasteiger partial charge in [-0.15, -0.1) is 0 Å². The Bertz CT molecular complexity index is 421. The van der Waals surface area contributed by atoms with Crippen molar-refractivity contribution in [2.24, 2.45) is 0 Å². The van der Waals surface area contributed by atoms with Gasteiger partial charge in [-0.1, -0.05) is 25.5 Å². The van der Waals surface area contributed by atoms with E-state index in [9.17, 15) is 4.79 Å². The van der Waals surface area contributed by atoms with Crippen LogP contribution < -0.4 is 16.1 Å². The van der Waals surface area contributed by atoms with E-state index in [0.29, 0.717) is 10.6 Å². The molecule has 1 rings (SSSR count). The number of aromatic nitrogens is 2. The molecule has 58 valence electrons. The van der Waals surface area contributed by atoms with Gasteiger partial charge in [0.25, 0.3) is 5.56 Å². The van der Waals surface area contributed by atoms with Crippen molar-refractivity contribution in [3.05, 3.63) is 27.2 Å². The monoisotopic (exact) mass is 168 g/mol. The zero-order valence-electron chi connectivity index (χ0n) is 6.11. The van der Waals surface area contributed by atoms with Crippen LogP contribution in [0.3, 0.4) is 0 Å². The molecule has 4 heteroatoms. The summed E-state index contributed by atoms with van der Waals surface area (Å²) in [6.07, 6.45) is 3.01. The second kappa shape index (κ2) is 2.92. The Kier molecular flexibility index (Phi) is 2.14. The van der Waals surface area contributed by atoms with Crippen LogP contribution >= 0.6 is 12.8 Å². The molecule has 0 aliphatic carbocycles. The maximum Gasteiger partial charge on any atom is 0.270 e. The van der Waals surface area contributed by atoms with E-state index >= 15 is 0 Å². The number of hydrogen-bond donors (Lipinski definition) is 1. The molecular weight excluding hydrogens is 160 g/mol. The fourth-order valence-electron chi connectivity index (χ4n) is 0.783. The quantitative estimate of drug-likeness (QED) is 0.512. The van der Waals surface area contributed by atoms with Gasteiger partial charge < -0.3 is 0 Å². The first kappa shape index (κ1) is 8.07. The summed E-state index contributed by atoms with van der Waals surface area (Å²) in [7, 11) is 0. The largest absolute Gasteiger partial charge is 0.270 e. The highest BCUT2D eigenvalue weighted by Gasteiger charge is 1.92. The Labute approximate surface area is 69.2 Å². The highest BCUT2D eigenvalue weighted by molar-refractivity contribution is 7.78. The first-order valence-electron chi connectivity index (χ1n) is 3.09. The summed E-state index contributed by atoms with van der Waals surface area (Å²) >= 11 is 3.86. The maximum atomic E-state index is 11.2. The lowest BCUT2D eigenvalue weighted by molar-refractivity contribution is 1.01. The molecule has 3 nitrogen and oxygen atoms in total. The average Bonchev–Trinajstić information content (AvgIpc) is 1.99. The Hall–Kier alpha value is -1.03. The van der Waals surface area contributed by atoms with E-state index in [1.54, 1.807) is 13.0 Å². The van der Waals surface area contributed by atoms with E-state index in [2.05, 4.69) is 24.4 Å². The van der Waals surface area contributed by atoms with Crippen LogP contribution in [0.15, 0.2) is 11.1 Å². The normalized spacial score (nSPS) is 12.0. The van der Waals surface area contributed by atoms with Crippen molar-refractivity contribution >= 4 is 25.5 Å². The summed E-state index contributed by atoms with van der Waals surface area (Å²) in [6.45, 7) is 5.37. The molecule has 0 spiro atoms. The van der Waals surface area contributed by atoms with Gasteiger partial charge in [0.1, 0.15) is 6.33 Å². The fraction of sp³-hybridized carbons (Fsp3) is 0.143. The van der Waals surface area contributed by atoms with E-state index in [1.807, 2.05) is 0 Å².